The second-order valence-electron chi connectivity index (χ2n) is 3.87. The van der Waals surface area contributed by atoms with E-state index in [0.29, 0.717) is 6.42 Å². The number of ketones is 1. The van der Waals surface area contributed by atoms with Crippen LogP contribution in [0.4, 0.5) is 0 Å². The summed E-state index contributed by atoms with van der Waals surface area (Å²) in [6, 6.07) is 10.2. The maximum atomic E-state index is 11.2. The molecule has 1 aromatic rings. The number of rotatable bonds is 1. The van der Waals surface area contributed by atoms with Crippen molar-refractivity contribution in [3.05, 3.63) is 53.1 Å². The molecule has 0 bridgehead atoms. The summed E-state index contributed by atoms with van der Waals surface area (Å²) < 4.78 is 0. The summed E-state index contributed by atoms with van der Waals surface area (Å²) in [5.74, 6) is 0.248. The number of benzene rings is 1. The highest BCUT2D eigenvalue weighted by Crippen LogP contribution is 2.23. The van der Waals surface area contributed by atoms with Gasteiger partial charge in [-0.05, 0) is 36.1 Å². The molecule has 76 valence electrons. The van der Waals surface area contributed by atoms with E-state index in [1.54, 1.807) is 6.08 Å². The summed E-state index contributed by atoms with van der Waals surface area (Å²) in [5.41, 5.74) is 3.59. The van der Waals surface area contributed by atoms with E-state index in [0.717, 1.165) is 12.0 Å². The van der Waals surface area contributed by atoms with Gasteiger partial charge in [-0.25, -0.2) is 0 Å². The minimum absolute atomic E-state index is 0.248. The standard InChI is InChI=1S/C14H14O/c1-11-9-14(15)8-7-13(11)10-12-5-3-2-4-6-12/h2-6,9-10H,7-8H2,1H3/b13-10+. The first kappa shape index (κ1) is 9.91. The van der Waals surface area contributed by atoms with Crippen molar-refractivity contribution < 1.29 is 4.79 Å². The smallest absolute Gasteiger partial charge is 0.156 e. The van der Waals surface area contributed by atoms with Crippen molar-refractivity contribution in [3.63, 3.8) is 0 Å². The van der Waals surface area contributed by atoms with Crippen LogP contribution >= 0.6 is 0 Å². The highest BCUT2D eigenvalue weighted by Gasteiger charge is 2.11. The number of carbonyl (C=O) groups is 1. The van der Waals surface area contributed by atoms with Crippen LogP contribution in [0.15, 0.2) is 47.6 Å². The monoisotopic (exact) mass is 198 g/mol. The van der Waals surface area contributed by atoms with E-state index in [2.05, 4.69) is 18.2 Å². The van der Waals surface area contributed by atoms with Crippen molar-refractivity contribution in [1.82, 2.24) is 0 Å². The first-order chi connectivity index (χ1) is 7.25. The van der Waals surface area contributed by atoms with Gasteiger partial charge in [-0.3, -0.25) is 4.79 Å². The first-order valence-corrected chi connectivity index (χ1v) is 5.23. The zero-order valence-electron chi connectivity index (χ0n) is 8.86. The number of hydrogen-bond donors (Lipinski definition) is 0. The second kappa shape index (κ2) is 4.26. The summed E-state index contributed by atoms with van der Waals surface area (Å²) in [5, 5.41) is 0. The van der Waals surface area contributed by atoms with E-state index in [1.165, 1.54) is 11.1 Å². The Balaban J connectivity index is 2.29. The molecule has 1 heteroatoms. The Bertz CT molecular complexity index is 424. The molecular weight excluding hydrogens is 184 g/mol. The van der Waals surface area contributed by atoms with Crippen LogP contribution in [0, 0.1) is 0 Å². The third-order valence-corrected chi connectivity index (χ3v) is 2.67. The SMILES string of the molecule is CC1=CC(=O)CC/C1=C\c1ccccc1. The lowest BCUT2D eigenvalue weighted by Gasteiger charge is -2.12. The van der Waals surface area contributed by atoms with Crippen LogP contribution in [0.3, 0.4) is 0 Å². The predicted octanol–water partition coefficient (Wildman–Crippen LogP) is 3.38. The van der Waals surface area contributed by atoms with Crippen LogP contribution in [0.2, 0.25) is 0 Å². The first-order valence-electron chi connectivity index (χ1n) is 5.23. The molecule has 15 heavy (non-hydrogen) atoms. The van der Waals surface area contributed by atoms with Gasteiger partial charge in [-0.2, -0.15) is 0 Å². The molecule has 0 saturated heterocycles. The molecule has 0 heterocycles. The quantitative estimate of drug-likeness (QED) is 0.676. The van der Waals surface area contributed by atoms with Crippen molar-refractivity contribution in [1.29, 1.82) is 0 Å². The fourth-order valence-electron chi connectivity index (χ4n) is 1.80. The molecule has 1 nitrogen and oxygen atoms in total. The summed E-state index contributed by atoms with van der Waals surface area (Å²) in [7, 11) is 0. The second-order valence-corrected chi connectivity index (χ2v) is 3.87. The third kappa shape index (κ3) is 2.44. The molecule has 0 amide bonds. The molecule has 0 radical (unpaired) electrons. The average molecular weight is 198 g/mol. The molecule has 0 unspecified atom stereocenters. The predicted molar refractivity (Wildman–Crippen MR) is 62.4 cm³/mol. The topological polar surface area (TPSA) is 17.1 Å². The fraction of sp³-hybridized carbons (Fsp3) is 0.214. The lowest BCUT2D eigenvalue weighted by Crippen LogP contribution is -2.03. The van der Waals surface area contributed by atoms with Crippen molar-refractivity contribution >= 4 is 11.9 Å². The summed E-state index contributed by atoms with van der Waals surface area (Å²) in [6.45, 7) is 2.01. The van der Waals surface area contributed by atoms with Gasteiger partial charge in [0.15, 0.2) is 5.78 Å². The Hall–Kier alpha value is -1.63. The lowest BCUT2D eigenvalue weighted by molar-refractivity contribution is -0.114. The largest absolute Gasteiger partial charge is 0.295 e. The van der Waals surface area contributed by atoms with Crippen molar-refractivity contribution in [2.45, 2.75) is 19.8 Å². The van der Waals surface area contributed by atoms with Gasteiger partial charge < -0.3 is 0 Å². The molecule has 0 aliphatic heterocycles. The van der Waals surface area contributed by atoms with E-state index < -0.39 is 0 Å². The Labute approximate surface area is 90.1 Å². The van der Waals surface area contributed by atoms with Crippen LogP contribution in [-0.2, 0) is 4.79 Å². The van der Waals surface area contributed by atoms with Gasteiger partial charge in [-0.1, -0.05) is 36.4 Å². The van der Waals surface area contributed by atoms with E-state index in [9.17, 15) is 4.79 Å². The van der Waals surface area contributed by atoms with Crippen LogP contribution in [0.5, 0.6) is 0 Å². The molecule has 0 aromatic heterocycles. The maximum absolute atomic E-state index is 11.2. The molecule has 0 spiro atoms. The molecule has 1 aliphatic carbocycles. The minimum atomic E-state index is 0.248. The molecule has 1 aliphatic rings. The fourth-order valence-corrected chi connectivity index (χ4v) is 1.80. The van der Waals surface area contributed by atoms with Crippen molar-refractivity contribution in [3.8, 4) is 0 Å². The third-order valence-electron chi connectivity index (χ3n) is 2.67. The Morgan fingerprint density at radius 2 is 1.87 bits per heavy atom. The molecular formula is C14H14O. The Kier molecular flexibility index (Phi) is 2.82. The van der Waals surface area contributed by atoms with E-state index in [-0.39, 0.29) is 5.78 Å². The summed E-state index contributed by atoms with van der Waals surface area (Å²) >= 11 is 0. The molecule has 1 aromatic carbocycles. The van der Waals surface area contributed by atoms with Gasteiger partial charge in [0.05, 0.1) is 0 Å². The number of hydrogen-bond acceptors (Lipinski definition) is 1. The zero-order chi connectivity index (χ0) is 10.7. The molecule has 0 N–H and O–H groups in total. The van der Waals surface area contributed by atoms with E-state index >= 15 is 0 Å². The van der Waals surface area contributed by atoms with Crippen LogP contribution < -0.4 is 0 Å². The van der Waals surface area contributed by atoms with Gasteiger partial charge in [0, 0.05) is 6.42 Å². The summed E-state index contributed by atoms with van der Waals surface area (Å²) in [4.78, 5) is 11.2. The lowest BCUT2D eigenvalue weighted by atomic mass is 9.92. The van der Waals surface area contributed by atoms with Crippen LogP contribution in [0.1, 0.15) is 25.3 Å². The van der Waals surface area contributed by atoms with Gasteiger partial charge in [-0.15, -0.1) is 0 Å². The Morgan fingerprint density at radius 3 is 2.53 bits per heavy atom. The van der Waals surface area contributed by atoms with Crippen LogP contribution in [0.25, 0.3) is 6.08 Å². The van der Waals surface area contributed by atoms with E-state index in [4.69, 9.17) is 0 Å². The van der Waals surface area contributed by atoms with Gasteiger partial charge in [0.25, 0.3) is 0 Å². The summed E-state index contributed by atoms with van der Waals surface area (Å²) in [6.07, 6.45) is 5.43. The normalized spacial score (nSPS) is 19.1. The highest BCUT2D eigenvalue weighted by molar-refractivity contribution is 5.93. The van der Waals surface area contributed by atoms with Crippen LogP contribution in [-0.4, -0.2) is 5.78 Å². The molecule has 0 saturated carbocycles. The van der Waals surface area contributed by atoms with Gasteiger partial charge in [0.2, 0.25) is 0 Å². The molecule has 2 rings (SSSR count). The number of allylic oxidation sites excluding steroid dienone is 3. The maximum Gasteiger partial charge on any atom is 0.156 e. The molecule has 0 fully saturated rings. The average Bonchev–Trinajstić information content (AvgIpc) is 2.24. The zero-order valence-corrected chi connectivity index (χ0v) is 8.86. The minimum Gasteiger partial charge on any atom is -0.295 e. The number of carbonyl (C=O) groups excluding carboxylic acids is 1. The van der Waals surface area contributed by atoms with E-state index in [1.807, 2.05) is 25.1 Å². The highest BCUT2D eigenvalue weighted by atomic mass is 16.1. The van der Waals surface area contributed by atoms with Gasteiger partial charge >= 0.3 is 0 Å². The van der Waals surface area contributed by atoms with Gasteiger partial charge in [0.1, 0.15) is 0 Å². The van der Waals surface area contributed by atoms with Crippen molar-refractivity contribution in [2.24, 2.45) is 0 Å². The Morgan fingerprint density at radius 1 is 1.13 bits per heavy atom. The van der Waals surface area contributed by atoms with Crippen molar-refractivity contribution in [2.75, 3.05) is 0 Å². The molecule has 0 atom stereocenters.